The highest BCUT2D eigenvalue weighted by Crippen LogP contribution is 2.34. The topological polar surface area (TPSA) is 94.3 Å². The molecule has 0 fully saturated rings. The van der Waals surface area contributed by atoms with Crippen LogP contribution in [0.3, 0.4) is 0 Å². The largest absolute Gasteiger partial charge is 0.291 e. The molecule has 0 aliphatic heterocycles. The number of rotatable bonds is 6. The number of benzene rings is 1. The molecule has 1 rings (SSSR count). The third kappa shape index (κ3) is 2.90. The Morgan fingerprint density at radius 1 is 1.30 bits per heavy atom. The van der Waals surface area contributed by atoms with Gasteiger partial charge in [-0.1, -0.05) is 29.8 Å². The van der Waals surface area contributed by atoms with Gasteiger partial charge in [0.15, 0.2) is 19.3 Å². The fourth-order valence-corrected chi connectivity index (χ4v) is 3.91. The molecule has 1 aromatic carbocycles. The maximum Gasteiger partial charge on any atom is 0.269 e. The molecule has 0 spiro atoms. The van der Waals surface area contributed by atoms with Crippen molar-refractivity contribution < 1.29 is 18.1 Å². The second kappa shape index (κ2) is 6.01. The zero-order valence-corrected chi connectivity index (χ0v) is 13.4. The Morgan fingerprint density at radius 2 is 1.80 bits per heavy atom. The van der Waals surface area contributed by atoms with Crippen LogP contribution in [-0.2, 0) is 9.84 Å². The van der Waals surface area contributed by atoms with Crippen LogP contribution >= 0.6 is 15.9 Å². The summed E-state index contributed by atoms with van der Waals surface area (Å²) in [4.78, 5) is 22.4. The molecule has 0 aliphatic carbocycles. The Bertz CT molecular complexity index is 626. The number of non-ortho nitro benzene ring substituents is 1. The predicted molar refractivity (Wildman–Crippen MR) is 78.8 cm³/mol. The molecule has 0 heterocycles. The normalized spacial score (nSPS) is 14.6. The first-order chi connectivity index (χ1) is 9.19. The second-order valence-corrected chi connectivity index (χ2v) is 8.50. The van der Waals surface area contributed by atoms with Crippen LogP contribution in [0.2, 0.25) is 0 Å². The highest BCUT2D eigenvalue weighted by atomic mass is 79.9. The SMILES string of the molecule is CC[C@](Br)(C(=O)c1ccc([N+](=O)[O-])cc1)S(=O)(=O)CC. The van der Waals surface area contributed by atoms with Gasteiger partial charge in [-0.2, -0.15) is 0 Å². The molecule has 0 bridgehead atoms. The molecule has 0 radical (unpaired) electrons. The van der Waals surface area contributed by atoms with E-state index in [1.54, 1.807) is 6.92 Å². The van der Waals surface area contributed by atoms with Crippen molar-refractivity contribution >= 4 is 37.2 Å². The number of alkyl halides is 1. The lowest BCUT2D eigenvalue weighted by molar-refractivity contribution is -0.384. The Hall–Kier alpha value is -1.28. The number of hydrogen-bond donors (Lipinski definition) is 0. The molecule has 110 valence electrons. The molecule has 0 aliphatic rings. The molecule has 0 aromatic heterocycles. The summed E-state index contributed by atoms with van der Waals surface area (Å²) < 4.78 is 22.4. The van der Waals surface area contributed by atoms with Gasteiger partial charge in [0.2, 0.25) is 0 Å². The van der Waals surface area contributed by atoms with Crippen molar-refractivity contribution in [1.82, 2.24) is 0 Å². The number of carbonyl (C=O) groups excluding carboxylic acids is 1. The van der Waals surface area contributed by atoms with Crippen LogP contribution in [-0.4, -0.2) is 28.5 Å². The summed E-state index contributed by atoms with van der Waals surface area (Å²) in [6.07, 6.45) is 0.0684. The number of halogens is 1. The fourth-order valence-electron chi connectivity index (χ4n) is 1.70. The molecular formula is C12H14BrNO5S. The van der Waals surface area contributed by atoms with Gasteiger partial charge in [-0.25, -0.2) is 8.42 Å². The highest BCUT2D eigenvalue weighted by molar-refractivity contribution is 9.12. The van der Waals surface area contributed by atoms with Gasteiger partial charge < -0.3 is 0 Å². The van der Waals surface area contributed by atoms with Crippen molar-refractivity contribution in [3.05, 3.63) is 39.9 Å². The van der Waals surface area contributed by atoms with Crippen LogP contribution in [0.5, 0.6) is 0 Å². The first kappa shape index (κ1) is 16.8. The third-order valence-electron chi connectivity index (χ3n) is 3.01. The monoisotopic (exact) mass is 363 g/mol. The smallest absolute Gasteiger partial charge is 0.269 e. The maximum atomic E-state index is 12.4. The van der Waals surface area contributed by atoms with E-state index < -0.39 is 24.2 Å². The van der Waals surface area contributed by atoms with E-state index in [1.807, 2.05) is 0 Å². The molecule has 0 N–H and O–H groups in total. The zero-order valence-electron chi connectivity index (χ0n) is 11.0. The van der Waals surface area contributed by atoms with Crippen molar-refractivity contribution in [2.45, 2.75) is 23.9 Å². The molecule has 20 heavy (non-hydrogen) atoms. The van der Waals surface area contributed by atoms with Crippen LogP contribution in [0.4, 0.5) is 5.69 Å². The van der Waals surface area contributed by atoms with Crippen molar-refractivity contribution in [1.29, 1.82) is 0 Å². The molecule has 0 saturated heterocycles. The summed E-state index contributed by atoms with van der Waals surface area (Å²) in [5, 5.41) is 10.6. The number of carbonyl (C=O) groups is 1. The van der Waals surface area contributed by atoms with E-state index in [2.05, 4.69) is 15.9 Å². The minimum atomic E-state index is -3.65. The number of nitro groups is 1. The number of Topliss-reactive ketones (excluding diaryl/α,β-unsaturated/α-hetero) is 1. The van der Waals surface area contributed by atoms with Crippen molar-refractivity contribution in [2.24, 2.45) is 0 Å². The summed E-state index contributed by atoms with van der Waals surface area (Å²) >= 11 is 3.04. The van der Waals surface area contributed by atoms with E-state index in [9.17, 15) is 23.3 Å². The number of sulfone groups is 1. The highest BCUT2D eigenvalue weighted by Gasteiger charge is 2.45. The number of hydrogen-bond acceptors (Lipinski definition) is 5. The summed E-state index contributed by atoms with van der Waals surface area (Å²) in [5.41, 5.74) is -0.0390. The van der Waals surface area contributed by atoms with E-state index in [4.69, 9.17) is 0 Å². The quantitative estimate of drug-likeness (QED) is 0.335. The number of nitro benzene ring substituents is 1. The van der Waals surface area contributed by atoms with Gasteiger partial charge in [0.05, 0.1) is 4.92 Å². The van der Waals surface area contributed by atoms with Gasteiger partial charge >= 0.3 is 0 Å². The predicted octanol–water partition coefficient (Wildman–Crippen LogP) is 2.71. The third-order valence-corrected chi connectivity index (χ3v) is 7.63. The van der Waals surface area contributed by atoms with Crippen molar-refractivity contribution in [3.63, 3.8) is 0 Å². The van der Waals surface area contributed by atoms with Crippen LogP contribution in [0.15, 0.2) is 24.3 Å². The molecule has 0 unspecified atom stereocenters. The lowest BCUT2D eigenvalue weighted by Gasteiger charge is -2.23. The van der Waals surface area contributed by atoms with E-state index >= 15 is 0 Å². The number of ketones is 1. The Kier molecular flexibility index (Phi) is 5.04. The average molecular weight is 364 g/mol. The van der Waals surface area contributed by atoms with Crippen molar-refractivity contribution in [3.8, 4) is 0 Å². The lowest BCUT2D eigenvalue weighted by atomic mass is 10.1. The second-order valence-electron chi connectivity index (χ2n) is 4.12. The van der Waals surface area contributed by atoms with Gasteiger partial charge in [-0.3, -0.25) is 14.9 Å². The molecule has 0 amide bonds. The maximum absolute atomic E-state index is 12.4. The molecule has 1 atom stereocenters. The van der Waals surface area contributed by atoms with Gasteiger partial charge in [-0.15, -0.1) is 0 Å². The van der Waals surface area contributed by atoms with E-state index in [1.165, 1.54) is 31.2 Å². The summed E-state index contributed by atoms with van der Waals surface area (Å²) in [5.74, 6) is -0.790. The number of nitrogens with zero attached hydrogens (tertiary/aromatic N) is 1. The molecule has 6 nitrogen and oxygen atoms in total. The van der Waals surface area contributed by atoms with E-state index in [0.29, 0.717) is 0 Å². The summed E-state index contributed by atoms with van der Waals surface area (Å²) in [7, 11) is -3.65. The summed E-state index contributed by atoms with van der Waals surface area (Å²) in [6.45, 7) is 3.05. The standard InChI is InChI=1S/C12H14BrNO5S/c1-3-12(13,20(18,19)4-2)11(15)9-5-7-10(8-6-9)14(16)17/h5-8H,3-4H2,1-2H3/t12-/m1/s1. The zero-order chi connectivity index (χ0) is 15.6. The Morgan fingerprint density at radius 3 is 2.15 bits per heavy atom. The van der Waals surface area contributed by atoms with Crippen LogP contribution < -0.4 is 0 Å². The van der Waals surface area contributed by atoms with Crippen LogP contribution in [0, 0.1) is 10.1 Å². The van der Waals surface area contributed by atoms with Crippen LogP contribution in [0.1, 0.15) is 30.6 Å². The van der Waals surface area contributed by atoms with E-state index in [-0.39, 0.29) is 23.4 Å². The Labute approximate surface area is 125 Å². The molecular weight excluding hydrogens is 350 g/mol. The lowest BCUT2D eigenvalue weighted by Crippen LogP contribution is -2.41. The molecule has 0 saturated carbocycles. The van der Waals surface area contributed by atoms with Gasteiger partial charge in [-0.05, 0) is 18.6 Å². The average Bonchev–Trinajstić information content (AvgIpc) is 2.45. The first-order valence-electron chi connectivity index (χ1n) is 5.90. The Balaban J connectivity index is 3.25. The van der Waals surface area contributed by atoms with E-state index in [0.717, 1.165) is 0 Å². The van der Waals surface area contributed by atoms with Gasteiger partial charge in [0.1, 0.15) is 0 Å². The minimum Gasteiger partial charge on any atom is -0.291 e. The fraction of sp³-hybridized carbons (Fsp3) is 0.417. The molecule has 8 heteroatoms. The molecule has 1 aromatic rings. The minimum absolute atomic E-state index is 0.0684. The first-order valence-corrected chi connectivity index (χ1v) is 8.34. The van der Waals surface area contributed by atoms with Crippen molar-refractivity contribution in [2.75, 3.05) is 5.75 Å². The van der Waals surface area contributed by atoms with Gasteiger partial charge in [0.25, 0.3) is 5.69 Å². The van der Waals surface area contributed by atoms with Gasteiger partial charge in [0, 0.05) is 23.4 Å². The van der Waals surface area contributed by atoms with Crippen LogP contribution in [0.25, 0.3) is 0 Å². The summed E-state index contributed by atoms with van der Waals surface area (Å²) in [6, 6.07) is 4.87.